The highest BCUT2D eigenvalue weighted by molar-refractivity contribution is 5.96. The standard InChI is InChI=1S/C24H22FNO4.C21H20FNO4/c1-15(27)19-13-17(25)9-12-22(19)29-18-10-7-16(8-11-18)20-5-4-6-21(26-20)23-14-28-24(2,3)30-23;1-13(25)17-11-15(22)7-10-21(17)27-16-8-5-14(6-9-16)18-3-2-4-19(23-18)20(26)12-24/h4-13,23H,14H2,1-3H3;2-11,13,20,24-26H,12H2,1H3. The molecular weight excluding hydrogens is 734 g/mol. The molecule has 0 bridgehead atoms. The van der Waals surface area contributed by atoms with Gasteiger partial charge in [0.1, 0.15) is 46.8 Å². The van der Waals surface area contributed by atoms with Crippen LogP contribution in [0, 0.1) is 11.6 Å². The molecule has 0 radical (unpaired) electrons. The molecule has 1 aliphatic rings. The molecule has 2 aromatic heterocycles. The van der Waals surface area contributed by atoms with Gasteiger partial charge in [0.25, 0.3) is 0 Å². The number of aliphatic hydroxyl groups is 3. The maximum absolute atomic E-state index is 13.4. The second-order valence-electron chi connectivity index (χ2n) is 13.7. The molecule has 1 fully saturated rings. The number of ether oxygens (including phenoxy) is 4. The minimum Gasteiger partial charge on any atom is -0.457 e. The molecule has 0 saturated carbocycles. The normalized spacial score (nSPS) is 15.6. The number of nitrogens with zero attached hydrogens (tertiary/aromatic N) is 2. The van der Waals surface area contributed by atoms with Crippen LogP contribution in [0.1, 0.15) is 73.3 Å². The number of benzene rings is 4. The Morgan fingerprint density at radius 3 is 1.91 bits per heavy atom. The fourth-order valence-electron chi connectivity index (χ4n) is 5.96. The molecule has 3 heterocycles. The average Bonchev–Trinajstić information content (AvgIpc) is 3.59. The van der Waals surface area contributed by atoms with E-state index in [9.17, 15) is 23.8 Å². The first kappa shape index (κ1) is 40.8. The van der Waals surface area contributed by atoms with Crippen molar-refractivity contribution in [1.82, 2.24) is 9.97 Å². The molecule has 7 rings (SSSR count). The molecule has 6 aromatic rings. The molecular formula is C45H42F2N2O8. The lowest BCUT2D eigenvalue weighted by Crippen LogP contribution is -2.19. The van der Waals surface area contributed by atoms with Gasteiger partial charge in [-0.1, -0.05) is 12.1 Å². The Morgan fingerprint density at radius 2 is 1.35 bits per heavy atom. The van der Waals surface area contributed by atoms with Gasteiger partial charge in [-0.2, -0.15) is 0 Å². The van der Waals surface area contributed by atoms with Crippen LogP contribution in [0.3, 0.4) is 0 Å². The van der Waals surface area contributed by atoms with Gasteiger partial charge >= 0.3 is 0 Å². The van der Waals surface area contributed by atoms with Crippen LogP contribution in [0.15, 0.2) is 121 Å². The van der Waals surface area contributed by atoms with Crippen molar-refractivity contribution < 1.29 is 47.8 Å². The van der Waals surface area contributed by atoms with E-state index in [0.717, 1.165) is 22.5 Å². The van der Waals surface area contributed by atoms with E-state index in [1.54, 1.807) is 61.5 Å². The molecule has 12 heteroatoms. The Hall–Kier alpha value is -5.89. The maximum atomic E-state index is 13.4. The van der Waals surface area contributed by atoms with Crippen molar-refractivity contribution in [2.45, 2.75) is 51.8 Å². The summed E-state index contributed by atoms with van der Waals surface area (Å²) < 4.78 is 49.9. The molecule has 3 unspecified atom stereocenters. The van der Waals surface area contributed by atoms with E-state index in [1.165, 1.54) is 43.3 Å². The summed E-state index contributed by atoms with van der Waals surface area (Å²) >= 11 is 0. The molecule has 0 amide bonds. The fraction of sp³-hybridized carbons (Fsp3) is 0.222. The van der Waals surface area contributed by atoms with Gasteiger partial charge in [0.05, 0.1) is 47.7 Å². The first-order valence-electron chi connectivity index (χ1n) is 18.2. The highest BCUT2D eigenvalue weighted by Gasteiger charge is 2.34. The van der Waals surface area contributed by atoms with Gasteiger partial charge in [-0.05, 0) is 137 Å². The minimum absolute atomic E-state index is 0.203. The number of Topliss-reactive ketones (excluding diaryl/α,β-unsaturated/α-hetero) is 1. The van der Waals surface area contributed by atoms with Crippen molar-refractivity contribution in [1.29, 1.82) is 0 Å². The van der Waals surface area contributed by atoms with Crippen molar-refractivity contribution in [3.05, 3.63) is 155 Å². The highest BCUT2D eigenvalue weighted by Crippen LogP contribution is 2.34. The first-order chi connectivity index (χ1) is 27.3. The number of aliphatic hydroxyl groups excluding tert-OH is 3. The number of halogens is 2. The molecule has 294 valence electrons. The van der Waals surface area contributed by atoms with Crippen LogP contribution in [-0.4, -0.2) is 50.1 Å². The van der Waals surface area contributed by atoms with Crippen LogP contribution in [0.4, 0.5) is 8.78 Å². The monoisotopic (exact) mass is 776 g/mol. The van der Waals surface area contributed by atoms with Crippen molar-refractivity contribution >= 4 is 5.78 Å². The molecule has 4 aromatic carbocycles. The second-order valence-corrected chi connectivity index (χ2v) is 13.7. The molecule has 0 spiro atoms. The SMILES string of the molecule is CC(=O)c1cc(F)ccc1Oc1ccc(-c2cccc(C3COC(C)(C)O3)n2)cc1.CC(O)c1cc(F)ccc1Oc1ccc(-c2cccc(C(O)CO)n2)cc1. The Balaban J connectivity index is 0.000000194. The lowest BCUT2D eigenvalue weighted by atomic mass is 10.1. The number of pyridine rings is 2. The van der Waals surface area contributed by atoms with E-state index >= 15 is 0 Å². The quantitative estimate of drug-likeness (QED) is 0.109. The van der Waals surface area contributed by atoms with Crippen molar-refractivity contribution in [2.75, 3.05) is 13.2 Å². The van der Waals surface area contributed by atoms with Crippen LogP contribution in [-0.2, 0) is 9.47 Å². The number of ketones is 1. The van der Waals surface area contributed by atoms with E-state index in [4.69, 9.17) is 29.0 Å². The molecule has 57 heavy (non-hydrogen) atoms. The Bertz CT molecular complexity index is 2320. The number of hydrogen-bond acceptors (Lipinski definition) is 10. The first-order valence-corrected chi connectivity index (χ1v) is 18.2. The second kappa shape index (κ2) is 17.9. The summed E-state index contributed by atoms with van der Waals surface area (Å²) in [7, 11) is 0. The number of aromatic nitrogens is 2. The minimum atomic E-state index is -1.02. The molecule has 1 aliphatic heterocycles. The van der Waals surface area contributed by atoms with Crippen molar-refractivity contribution in [3.63, 3.8) is 0 Å². The third-order valence-corrected chi connectivity index (χ3v) is 8.89. The van der Waals surface area contributed by atoms with Gasteiger partial charge in [0, 0.05) is 16.7 Å². The van der Waals surface area contributed by atoms with E-state index in [-0.39, 0.29) is 17.5 Å². The predicted molar refractivity (Wildman–Crippen MR) is 209 cm³/mol. The summed E-state index contributed by atoms with van der Waals surface area (Å²) in [6.45, 7) is 6.76. The number of rotatable bonds is 11. The maximum Gasteiger partial charge on any atom is 0.163 e. The zero-order valence-electron chi connectivity index (χ0n) is 31.7. The van der Waals surface area contributed by atoms with Gasteiger partial charge < -0.3 is 34.3 Å². The third-order valence-electron chi connectivity index (χ3n) is 8.89. The van der Waals surface area contributed by atoms with Gasteiger partial charge in [0.2, 0.25) is 0 Å². The summed E-state index contributed by atoms with van der Waals surface area (Å²) in [6.07, 6.45) is -2.09. The predicted octanol–water partition coefficient (Wildman–Crippen LogP) is 9.47. The zero-order chi connectivity index (χ0) is 40.7. The fourth-order valence-corrected chi connectivity index (χ4v) is 5.96. The third kappa shape index (κ3) is 10.5. The summed E-state index contributed by atoms with van der Waals surface area (Å²) in [4.78, 5) is 20.8. The number of carbonyl (C=O) groups is 1. The number of hydrogen-bond donors (Lipinski definition) is 3. The van der Waals surface area contributed by atoms with Gasteiger partial charge in [0.15, 0.2) is 11.6 Å². The topological polar surface area (TPSA) is 140 Å². The Labute approximate surface area is 329 Å². The van der Waals surface area contributed by atoms with Gasteiger partial charge in [-0.25, -0.2) is 18.7 Å². The van der Waals surface area contributed by atoms with E-state index in [0.29, 0.717) is 46.6 Å². The molecule has 10 nitrogen and oxygen atoms in total. The highest BCUT2D eigenvalue weighted by atomic mass is 19.1. The molecule has 3 atom stereocenters. The van der Waals surface area contributed by atoms with E-state index < -0.39 is 36.2 Å². The van der Waals surface area contributed by atoms with Crippen LogP contribution in [0.2, 0.25) is 0 Å². The van der Waals surface area contributed by atoms with Crippen LogP contribution >= 0.6 is 0 Å². The number of carbonyl (C=O) groups excluding carboxylic acids is 1. The van der Waals surface area contributed by atoms with Crippen molar-refractivity contribution in [3.8, 4) is 45.5 Å². The van der Waals surface area contributed by atoms with Gasteiger partial charge in [-0.15, -0.1) is 0 Å². The summed E-state index contributed by atoms with van der Waals surface area (Å²) in [5, 5.41) is 28.6. The molecule has 3 N–H and O–H groups in total. The lowest BCUT2D eigenvalue weighted by Gasteiger charge is -2.17. The molecule has 1 saturated heterocycles. The Morgan fingerprint density at radius 1 is 0.789 bits per heavy atom. The summed E-state index contributed by atoms with van der Waals surface area (Å²) in [5.41, 5.74) is 4.95. The average molecular weight is 777 g/mol. The molecule has 0 aliphatic carbocycles. The lowest BCUT2D eigenvalue weighted by molar-refractivity contribution is -0.139. The van der Waals surface area contributed by atoms with Crippen molar-refractivity contribution in [2.24, 2.45) is 0 Å². The van der Waals surface area contributed by atoms with Crippen LogP contribution in [0.5, 0.6) is 23.0 Å². The summed E-state index contributed by atoms with van der Waals surface area (Å²) in [6, 6.07) is 33.3. The summed E-state index contributed by atoms with van der Waals surface area (Å²) in [5.74, 6) is -0.0254. The van der Waals surface area contributed by atoms with E-state index in [1.807, 2.05) is 44.2 Å². The van der Waals surface area contributed by atoms with Crippen LogP contribution in [0.25, 0.3) is 22.5 Å². The van der Waals surface area contributed by atoms with Gasteiger partial charge in [-0.3, -0.25) is 4.79 Å². The van der Waals surface area contributed by atoms with E-state index in [2.05, 4.69) is 4.98 Å². The Kier molecular flexibility index (Phi) is 12.8. The zero-order valence-corrected chi connectivity index (χ0v) is 31.7. The smallest absolute Gasteiger partial charge is 0.163 e. The van der Waals surface area contributed by atoms with Crippen LogP contribution < -0.4 is 9.47 Å². The largest absolute Gasteiger partial charge is 0.457 e.